The average molecular weight is 367 g/mol. The standard InChI is InChI=1S/C15H17N3O4S2/c1-22-11-4-6-12(7-5-11)24(20,21)18-9-2-3-13(18)14(19)17-15-16-8-10-23-15/h4-8,10,13H,2-3,9H2,1H3,(H,16,17,19)/t13-/m1/s1. The third kappa shape index (κ3) is 3.28. The van der Waals surface area contributed by atoms with E-state index in [1.165, 1.54) is 34.9 Å². The molecule has 1 saturated heterocycles. The Balaban J connectivity index is 1.81. The number of rotatable bonds is 5. The SMILES string of the molecule is COc1ccc(S(=O)(=O)N2CCC[C@@H]2C(=O)Nc2nccs2)cc1. The first-order valence-electron chi connectivity index (χ1n) is 7.38. The predicted molar refractivity (Wildman–Crippen MR) is 90.7 cm³/mol. The van der Waals surface area contributed by atoms with Crippen LogP contribution < -0.4 is 10.1 Å². The molecular formula is C15H17N3O4S2. The van der Waals surface area contributed by atoms with Gasteiger partial charge in [-0.2, -0.15) is 4.31 Å². The Morgan fingerprint density at radius 3 is 2.75 bits per heavy atom. The summed E-state index contributed by atoms with van der Waals surface area (Å²) in [6, 6.07) is 5.44. The van der Waals surface area contributed by atoms with Crippen molar-refractivity contribution in [1.29, 1.82) is 0 Å². The van der Waals surface area contributed by atoms with Gasteiger partial charge in [0.1, 0.15) is 11.8 Å². The molecule has 0 aliphatic carbocycles. The number of nitrogens with one attached hydrogen (secondary N) is 1. The summed E-state index contributed by atoms with van der Waals surface area (Å²) >= 11 is 1.29. The van der Waals surface area contributed by atoms with Crippen LogP contribution in [0.3, 0.4) is 0 Å². The molecule has 1 fully saturated rings. The smallest absolute Gasteiger partial charge is 0.244 e. The van der Waals surface area contributed by atoms with Crippen LogP contribution in [-0.2, 0) is 14.8 Å². The molecule has 2 aromatic rings. The van der Waals surface area contributed by atoms with Crippen molar-refractivity contribution in [2.45, 2.75) is 23.8 Å². The van der Waals surface area contributed by atoms with Crippen LogP contribution in [0, 0.1) is 0 Å². The van der Waals surface area contributed by atoms with Crippen molar-refractivity contribution < 1.29 is 17.9 Å². The van der Waals surface area contributed by atoms with Crippen molar-refractivity contribution in [2.75, 3.05) is 19.0 Å². The van der Waals surface area contributed by atoms with Crippen LogP contribution in [0.15, 0.2) is 40.7 Å². The molecule has 1 aromatic heterocycles. The minimum Gasteiger partial charge on any atom is -0.497 e. The molecule has 9 heteroatoms. The number of nitrogens with zero attached hydrogens (tertiary/aromatic N) is 2. The van der Waals surface area contributed by atoms with E-state index in [4.69, 9.17) is 4.74 Å². The lowest BCUT2D eigenvalue weighted by molar-refractivity contribution is -0.119. The van der Waals surface area contributed by atoms with Crippen LogP contribution in [0.25, 0.3) is 0 Å². The van der Waals surface area contributed by atoms with Crippen LogP contribution in [0.2, 0.25) is 0 Å². The first kappa shape index (κ1) is 16.9. The molecule has 1 N–H and O–H groups in total. The van der Waals surface area contributed by atoms with E-state index < -0.39 is 16.1 Å². The lowest BCUT2D eigenvalue weighted by Crippen LogP contribution is -2.43. The van der Waals surface area contributed by atoms with E-state index in [2.05, 4.69) is 10.3 Å². The summed E-state index contributed by atoms with van der Waals surface area (Å²) in [6.45, 7) is 0.324. The Labute approximate surface area is 144 Å². The van der Waals surface area contributed by atoms with Gasteiger partial charge in [0.15, 0.2) is 5.13 Å². The van der Waals surface area contributed by atoms with E-state index >= 15 is 0 Å². The Morgan fingerprint density at radius 2 is 2.12 bits per heavy atom. The summed E-state index contributed by atoms with van der Waals surface area (Å²) in [4.78, 5) is 16.6. The number of methoxy groups -OCH3 is 1. The monoisotopic (exact) mass is 367 g/mol. The van der Waals surface area contributed by atoms with E-state index in [9.17, 15) is 13.2 Å². The maximum atomic E-state index is 12.8. The van der Waals surface area contributed by atoms with E-state index in [1.54, 1.807) is 23.7 Å². The largest absolute Gasteiger partial charge is 0.497 e. The minimum atomic E-state index is -3.74. The zero-order chi connectivity index (χ0) is 17.2. The Kier molecular flexibility index (Phi) is 4.83. The van der Waals surface area contributed by atoms with E-state index in [0.29, 0.717) is 30.3 Å². The Morgan fingerprint density at radius 1 is 1.38 bits per heavy atom. The molecule has 1 aliphatic heterocycles. The molecule has 3 rings (SSSR count). The first-order valence-corrected chi connectivity index (χ1v) is 9.70. The van der Waals surface area contributed by atoms with Crippen molar-refractivity contribution >= 4 is 32.4 Å². The highest BCUT2D eigenvalue weighted by atomic mass is 32.2. The lowest BCUT2D eigenvalue weighted by Gasteiger charge is -2.23. The van der Waals surface area contributed by atoms with Gasteiger partial charge in [-0.15, -0.1) is 11.3 Å². The summed E-state index contributed by atoms with van der Waals surface area (Å²) in [5.41, 5.74) is 0. The molecule has 1 atom stereocenters. The van der Waals surface area contributed by atoms with Gasteiger partial charge < -0.3 is 10.1 Å². The van der Waals surface area contributed by atoms with Crippen molar-refractivity contribution in [3.8, 4) is 5.75 Å². The molecule has 1 amide bonds. The van der Waals surface area contributed by atoms with Crippen LogP contribution in [-0.4, -0.2) is 43.3 Å². The molecule has 7 nitrogen and oxygen atoms in total. The zero-order valence-corrected chi connectivity index (χ0v) is 14.6. The summed E-state index contributed by atoms with van der Waals surface area (Å²) in [6.07, 6.45) is 2.72. The van der Waals surface area contributed by atoms with Crippen LogP contribution in [0.1, 0.15) is 12.8 Å². The third-order valence-electron chi connectivity index (χ3n) is 3.83. The van der Waals surface area contributed by atoms with E-state index in [-0.39, 0.29) is 10.8 Å². The number of hydrogen-bond donors (Lipinski definition) is 1. The number of ether oxygens (including phenoxy) is 1. The average Bonchev–Trinajstić information content (AvgIpc) is 3.26. The number of hydrogen-bond acceptors (Lipinski definition) is 6. The van der Waals surface area contributed by atoms with Gasteiger partial charge in [0.05, 0.1) is 12.0 Å². The fourth-order valence-electron chi connectivity index (χ4n) is 2.65. The molecule has 0 radical (unpaired) electrons. The maximum Gasteiger partial charge on any atom is 0.244 e. The Bertz CT molecular complexity index is 804. The fraction of sp³-hybridized carbons (Fsp3) is 0.333. The highest BCUT2D eigenvalue weighted by Gasteiger charge is 2.39. The van der Waals surface area contributed by atoms with Gasteiger partial charge in [-0.25, -0.2) is 13.4 Å². The molecule has 0 spiro atoms. The number of benzene rings is 1. The quantitative estimate of drug-likeness (QED) is 0.872. The van der Waals surface area contributed by atoms with Crippen LogP contribution in [0.5, 0.6) is 5.75 Å². The van der Waals surface area contributed by atoms with Gasteiger partial charge >= 0.3 is 0 Å². The van der Waals surface area contributed by atoms with Gasteiger partial charge in [-0.05, 0) is 37.1 Å². The van der Waals surface area contributed by atoms with Crippen LogP contribution >= 0.6 is 11.3 Å². The molecular weight excluding hydrogens is 350 g/mol. The van der Waals surface area contributed by atoms with Gasteiger partial charge in [0.2, 0.25) is 15.9 Å². The summed E-state index contributed by atoms with van der Waals surface area (Å²) in [5.74, 6) is 0.230. The molecule has 0 saturated carbocycles. The topological polar surface area (TPSA) is 88.6 Å². The minimum absolute atomic E-state index is 0.150. The molecule has 1 aliphatic rings. The van der Waals surface area contributed by atoms with Crippen molar-refractivity contribution in [2.24, 2.45) is 0 Å². The summed E-state index contributed by atoms with van der Waals surface area (Å²) < 4.78 is 32.0. The molecule has 2 heterocycles. The molecule has 0 bridgehead atoms. The number of thiazole rings is 1. The van der Waals surface area contributed by atoms with Crippen LogP contribution in [0.4, 0.5) is 5.13 Å². The molecule has 1 aromatic carbocycles. The van der Waals surface area contributed by atoms with E-state index in [1.807, 2.05) is 0 Å². The number of anilines is 1. The third-order valence-corrected chi connectivity index (χ3v) is 6.45. The van der Waals surface area contributed by atoms with Crippen molar-refractivity contribution in [3.63, 3.8) is 0 Å². The molecule has 24 heavy (non-hydrogen) atoms. The van der Waals surface area contributed by atoms with Gasteiger partial charge in [-0.3, -0.25) is 4.79 Å². The highest BCUT2D eigenvalue weighted by Crippen LogP contribution is 2.28. The second kappa shape index (κ2) is 6.88. The maximum absolute atomic E-state index is 12.8. The van der Waals surface area contributed by atoms with Crippen molar-refractivity contribution in [1.82, 2.24) is 9.29 Å². The molecule has 0 unspecified atom stereocenters. The van der Waals surface area contributed by atoms with Crippen molar-refractivity contribution in [3.05, 3.63) is 35.8 Å². The lowest BCUT2D eigenvalue weighted by atomic mass is 10.2. The number of carbonyl (C=O) groups excluding carboxylic acids is 1. The summed E-state index contributed by atoms with van der Waals surface area (Å²) in [7, 11) is -2.22. The van der Waals surface area contributed by atoms with Gasteiger partial charge in [-0.1, -0.05) is 0 Å². The predicted octanol–water partition coefficient (Wildman–Crippen LogP) is 1.94. The zero-order valence-electron chi connectivity index (χ0n) is 13.0. The van der Waals surface area contributed by atoms with Gasteiger partial charge in [0, 0.05) is 18.1 Å². The number of aromatic nitrogens is 1. The number of carbonyl (C=O) groups is 1. The molecule has 128 valence electrons. The number of amides is 1. The normalized spacial score (nSPS) is 18.5. The highest BCUT2D eigenvalue weighted by molar-refractivity contribution is 7.89. The van der Waals surface area contributed by atoms with Gasteiger partial charge in [0.25, 0.3) is 0 Å². The summed E-state index contributed by atoms with van der Waals surface area (Å²) in [5, 5.41) is 4.89. The van der Waals surface area contributed by atoms with E-state index in [0.717, 1.165) is 0 Å². The second-order valence-electron chi connectivity index (χ2n) is 5.28. The second-order valence-corrected chi connectivity index (χ2v) is 8.06. The Hall–Kier alpha value is -1.97. The first-order chi connectivity index (χ1) is 11.5. The fourth-order valence-corrected chi connectivity index (χ4v) is 4.84. The number of sulfonamides is 1.